The fourth-order valence-corrected chi connectivity index (χ4v) is 9.32. The molecule has 0 aliphatic heterocycles. The SMILES string of the molecule is COCOc1cccc(S(OS(=O)(=O)c2ccc(C)cc2)(c2ccc(N(C)C)cc2)c2cccc(OCOC)c2)c1. The van der Waals surface area contributed by atoms with Crippen LogP contribution in [0.4, 0.5) is 5.69 Å². The van der Waals surface area contributed by atoms with Crippen molar-refractivity contribution in [2.75, 3.05) is 46.8 Å². The summed E-state index contributed by atoms with van der Waals surface area (Å²) < 4.78 is 56.3. The highest BCUT2D eigenvalue weighted by Crippen LogP contribution is 2.71. The molecule has 0 spiro atoms. The Morgan fingerprint density at radius 1 is 0.634 bits per heavy atom. The van der Waals surface area contributed by atoms with E-state index < -0.39 is 20.4 Å². The molecule has 10 heteroatoms. The van der Waals surface area contributed by atoms with Gasteiger partial charge in [0, 0.05) is 48.7 Å². The number of hydrogen-bond acceptors (Lipinski definition) is 8. The highest BCUT2D eigenvalue weighted by atomic mass is 32.3. The molecule has 4 aromatic carbocycles. The summed E-state index contributed by atoms with van der Waals surface area (Å²) >= 11 is 0. The predicted octanol–water partition coefficient (Wildman–Crippen LogP) is 6.63. The van der Waals surface area contributed by atoms with E-state index in [9.17, 15) is 8.42 Å². The van der Waals surface area contributed by atoms with Gasteiger partial charge >= 0.3 is 10.1 Å². The van der Waals surface area contributed by atoms with Crippen LogP contribution < -0.4 is 14.4 Å². The number of aryl methyl sites for hydroxylation is 1. The highest BCUT2D eigenvalue weighted by Gasteiger charge is 2.39. The van der Waals surface area contributed by atoms with Crippen LogP contribution in [0.15, 0.2) is 117 Å². The van der Waals surface area contributed by atoms with Crippen molar-refractivity contribution in [2.45, 2.75) is 26.5 Å². The lowest BCUT2D eigenvalue weighted by atomic mass is 10.2. The first-order valence-electron chi connectivity index (χ1n) is 12.8. The summed E-state index contributed by atoms with van der Waals surface area (Å²) in [6, 6.07) is 28.8. The standard InChI is InChI=1S/C31H35NO7S2/c1-24-12-16-29(17-13-24)41(33,34)39-40(28-18-14-25(15-19-28)32(2)3,30-10-6-8-26(20-30)37-22-35-4)31-11-7-9-27(21-31)38-23-36-5/h6-21H,22-23H2,1-5H3. The Balaban J connectivity index is 2.02. The minimum Gasteiger partial charge on any atom is -0.468 e. The van der Waals surface area contributed by atoms with Gasteiger partial charge in [-0.3, -0.25) is 0 Å². The van der Waals surface area contributed by atoms with E-state index in [0.29, 0.717) is 26.2 Å². The van der Waals surface area contributed by atoms with Crippen molar-refractivity contribution < 1.29 is 31.0 Å². The largest absolute Gasteiger partial charge is 0.468 e. The lowest BCUT2D eigenvalue weighted by Crippen LogP contribution is -2.15. The molecular weight excluding hydrogens is 562 g/mol. The van der Waals surface area contributed by atoms with Crippen LogP contribution in [0.2, 0.25) is 0 Å². The van der Waals surface area contributed by atoms with E-state index in [-0.39, 0.29) is 18.5 Å². The third kappa shape index (κ3) is 7.03. The Morgan fingerprint density at radius 2 is 1.12 bits per heavy atom. The maximum Gasteiger partial charge on any atom is 0.307 e. The van der Waals surface area contributed by atoms with Gasteiger partial charge in [-0.1, -0.05) is 29.8 Å². The molecule has 8 nitrogen and oxygen atoms in total. The van der Waals surface area contributed by atoms with Crippen molar-refractivity contribution in [2.24, 2.45) is 0 Å². The van der Waals surface area contributed by atoms with Crippen LogP contribution in [0.1, 0.15) is 5.56 Å². The van der Waals surface area contributed by atoms with E-state index in [4.69, 9.17) is 22.6 Å². The number of hydrogen-bond donors (Lipinski definition) is 0. The molecule has 0 heterocycles. The third-order valence-corrected chi connectivity index (χ3v) is 11.3. The second kappa shape index (κ2) is 13.4. The van der Waals surface area contributed by atoms with Gasteiger partial charge < -0.3 is 23.8 Å². The van der Waals surface area contributed by atoms with Gasteiger partial charge in [-0.2, -0.15) is 8.42 Å². The average molecular weight is 598 g/mol. The maximum absolute atomic E-state index is 14.1. The fourth-order valence-electron chi connectivity index (χ4n) is 4.08. The van der Waals surface area contributed by atoms with Gasteiger partial charge in [-0.05, 0) is 90.0 Å². The van der Waals surface area contributed by atoms with Gasteiger partial charge in [0.05, 0.1) is 4.90 Å². The molecule has 0 atom stereocenters. The molecule has 0 bridgehead atoms. The molecule has 0 amide bonds. The smallest absolute Gasteiger partial charge is 0.307 e. The first-order valence-corrected chi connectivity index (χ1v) is 15.7. The molecule has 41 heavy (non-hydrogen) atoms. The van der Waals surface area contributed by atoms with Gasteiger partial charge in [-0.15, -0.1) is 0 Å². The van der Waals surface area contributed by atoms with Gasteiger partial charge in [0.1, 0.15) is 11.5 Å². The van der Waals surface area contributed by atoms with E-state index in [0.717, 1.165) is 11.3 Å². The molecule has 0 aliphatic rings. The number of rotatable bonds is 13. The van der Waals surface area contributed by atoms with E-state index in [2.05, 4.69) is 0 Å². The van der Waals surface area contributed by atoms with Crippen molar-refractivity contribution in [3.63, 3.8) is 0 Å². The summed E-state index contributed by atoms with van der Waals surface area (Å²) in [7, 11) is -0.241. The first kappa shape index (κ1) is 30.4. The second-order valence-corrected chi connectivity index (χ2v) is 13.8. The Kier molecular flexibility index (Phi) is 9.95. The van der Waals surface area contributed by atoms with Gasteiger partial charge in [0.25, 0.3) is 0 Å². The van der Waals surface area contributed by atoms with Crippen LogP contribution in [0.25, 0.3) is 0 Å². The maximum atomic E-state index is 14.1. The molecule has 0 fully saturated rings. The van der Waals surface area contributed by atoms with Crippen molar-refractivity contribution in [3.05, 3.63) is 103 Å². The molecule has 0 radical (unpaired) electrons. The normalized spacial score (nSPS) is 12.1. The zero-order chi connectivity index (χ0) is 29.5. The predicted molar refractivity (Wildman–Crippen MR) is 160 cm³/mol. The molecule has 4 aromatic rings. The van der Waals surface area contributed by atoms with Crippen molar-refractivity contribution >= 4 is 26.1 Å². The molecule has 0 aliphatic carbocycles. The minimum absolute atomic E-state index is 0.0339. The minimum atomic E-state index is -4.27. The average Bonchev–Trinajstić information content (AvgIpc) is 2.98. The lowest BCUT2D eigenvalue weighted by molar-refractivity contribution is 0.0508. The zero-order valence-corrected chi connectivity index (χ0v) is 25.4. The Morgan fingerprint density at radius 3 is 1.59 bits per heavy atom. The highest BCUT2D eigenvalue weighted by molar-refractivity contribution is 8.33. The summed E-state index contributed by atoms with van der Waals surface area (Å²) in [6.07, 6.45) is 0. The molecule has 0 unspecified atom stereocenters. The summed E-state index contributed by atoms with van der Waals surface area (Å²) in [5.41, 5.74) is 1.89. The summed E-state index contributed by atoms with van der Waals surface area (Å²) in [4.78, 5) is 3.94. The van der Waals surface area contributed by atoms with E-state index >= 15 is 0 Å². The van der Waals surface area contributed by atoms with Crippen molar-refractivity contribution in [1.29, 1.82) is 0 Å². The Bertz CT molecular complexity index is 1490. The lowest BCUT2D eigenvalue weighted by Gasteiger charge is -2.39. The van der Waals surface area contributed by atoms with Crippen LogP contribution >= 0.6 is 10.3 Å². The Hall–Kier alpha value is -3.54. The number of nitrogens with zero attached hydrogens (tertiary/aromatic N) is 1. The van der Waals surface area contributed by atoms with Crippen LogP contribution in [0, 0.1) is 6.92 Å². The van der Waals surface area contributed by atoms with Gasteiger partial charge in [-0.25, -0.2) is 3.63 Å². The van der Waals surface area contributed by atoms with E-state index in [1.807, 2.05) is 74.4 Å². The van der Waals surface area contributed by atoms with Crippen molar-refractivity contribution in [1.82, 2.24) is 0 Å². The van der Waals surface area contributed by atoms with Gasteiger partial charge in [0.2, 0.25) is 0 Å². The zero-order valence-electron chi connectivity index (χ0n) is 23.8. The third-order valence-electron chi connectivity index (χ3n) is 6.15. The van der Waals surface area contributed by atoms with Crippen LogP contribution in [0.5, 0.6) is 11.5 Å². The number of anilines is 1. The fraction of sp³-hybridized carbons (Fsp3) is 0.226. The number of benzene rings is 4. The van der Waals surface area contributed by atoms with Crippen LogP contribution in [-0.4, -0.2) is 50.3 Å². The van der Waals surface area contributed by atoms with Crippen LogP contribution in [0.3, 0.4) is 0 Å². The second-order valence-electron chi connectivity index (χ2n) is 9.33. The van der Waals surface area contributed by atoms with E-state index in [1.54, 1.807) is 48.5 Å². The molecule has 0 N–H and O–H groups in total. The first-order chi connectivity index (χ1) is 19.7. The molecule has 4 rings (SSSR count). The summed E-state index contributed by atoms with van der Waals surface area (Å²) in [5, 5.41) is 0. The number of ether oxygens (including phenoxy) is 4. The molecular formula is C31H35NO7S2. The summed E-state index contributed by atoms with van der Waals surface area (Å²) in [5.74, 6) is 1.02. The molecule has 0 saturated carbocycles. The van der Waals surface area contributed by atoms with Gasteiger partial charge in [0.15, 0.2) is 13.6 Å². The summed E-state index contributed by atoms with van der Waals surface area (Å²) in [6.45, 7) is 1.97. The monoisotopic (exact) mass is 597 g/mol. The van der Waals surface area contributed by atoms with E-state index in [1.165, 1.54) is 14.2 Å². The Labute approximate surface area is 244 Å². The molecule has 0 saturated heterocycles. The van der Waals surface area contributed by atoms with Crippen molar-refractivity contribution in [3.8, 4) is 11.5 Å². The van der Waals surface area contributed by atoms with Crippen LogP contribution in [-0.2, 0) is 23.2 Å². The number of methoxy groups -OCH3 is 2. The molecule has 0 aromatic heterocycles. The molecule has 218 valence electrons. The quantitative estimate of drug-likeness (QED) is 0.159. The topological polar surface area (TPSA) is 83.5 Å².